The Hall–Kier alpha value is -2.33. The maximum atomic E-state index is 12.5. The highest BCUT2D eigenvalue weighted by Crippen LogP contribution is 2.30. The Balaban J connectivity index is 2.12. The first-order valence-corrected chi connectivity index (χ1v) is 8.46. The lowest BCUT2D eigenvalue weighted by Gasteiger charge is -2.22. The Morgan fingerprint density at radius 3 is 2.21 bits per heavy atom. The van der Waals surface area contributed by atoms with E-state index in [2.05, 4.69) is 0 Å². The molecule has 4 heteroatoms. The summed E-state index contributed by atoms with van der Waals surface area (Å²) in [7, 11) is 0. The molecule has 0 saturated carbocycles. The van der Waals surface area contributed by atoms with Crippen molar-refractivity contribution in [1.82, 2.24) is 0 Å². The predicted molar refractivity (Wildman–Crippen MR) is 98.4 cm³/mol. The van der Waals surface area contributed by atoms with Gasteiger partial charge in [-0.1, -0.05) is 84.6 Å². The monoisotopic (exact) mass is 340 g/mol. The molecule has 24 heavy (non-hydrogen) atoms. The normalized spacial score (nSPS) is 13.4. The quantitative estimate of drug-likeness (QED) is 0.727. The second-order valence-corrected chi connectivity index (χ2v) is 7.13. The SMILES string of the molecule is CC(=O)S[C@@](C)(C=Cc1ccccc1)C(=O)OCc1ccccc1. The lowest BCUT2D eigenvalue weighted by molar-refractivity contribution is -0.146. The standard InChI is InChI=1S/C20H20O3S/c1-16(21)24-20(2,14-13-17-9-5-3-6-10-17)19(22)23-15-18-11-7-4-8-12-18/h3-14H,15H2,1-2H3/t20-/m0/s1. The number of hydrogen-bond acceptors (Lipinski definition) is 4. The van der Waals surface area contributed by atoms with Crippen molar-refractivity contribution in [2.24, 2.45) is 0 Å². The van der Waals surface area contributed by atoms with Crippen LogP contribution in [0.5, 0.6) is 0 Å². The van der Waals surface area contributed by atoms with Crippen molar-refractivity contribution in [3.05, 3.63) is 77.9 Å². The predicted octanol–water partition coefficient (Wildman–Crippen LogP) is 4.48. The number of benzene rings is 2. The van der Waals surface area contributed by atoms with Crippen molar-refractivity contribution in [2.75, 3.05) is 0 Å². The molecule has 0 aliphatic rings. The van der Waals surface area contributed by atoms with E-state index in [-0.39, 0.29) is 11.7 Å². The Kier molecular flexibility index (Phi) is 6.38. The highest BCUT2D eigenvalue weighted by molar-refractivity contribution is 8.15. The Morgan fingerprint density at radius 2 is 1.62 bits per heavy atom. The van der Waals surface area contributed by atoms with Gasteiger partial charge in [-0.05, 0) is 18.1 Å². The average Bonchev–Trinajstić information content (AvgIpc) is 2.59. The van der Waals surface area contributed by atoms with Crippen molar-refractivity contribution < 1.29 is 14.3 Å². The molecule has 0 unspecified atom stereocenters. The van der Waals surface area contributed by atoms with E-state index < -0.39 is 10.7 Å². The molecule has 0 N–H and O–H groups in total. The summed E-state index contributed by atoms with van der Waals surface area (Å²) in [5, 5.41) is -0.133. The average molecular weight is 340 g/mol. The van der Waals surface area contributed by atoms with Gasteiger partial charge in [0.2, 0.25) is 0 Å². The fourth-order valence-electron chi connectivity index (χ4n) is 2.13. The second-order valence-electron chi connectivity index (χ2n) is 5.51. The summed E-state index contributed by atoms with van der Waals surface area (Å²) in [6.07, 6.45) is 3.56. The summed E-state index contributed by atoms with van der Waals surface area (Å²) < 4.78 is 4.36. The molecule has 2 aromatic rings. The molecular formula is C20H20O3S. The zero-order valence-electron chi connectivity index (χ0n) is 13.8. The zero-order valence-corrected chi connectivity index (χ0v) is 14.6. The Labute approximate surface area is 146 Å². The van der Waals surface area contributed by atoms with E-state index in [9.17, 15) is 9.59 Å². The van der Waals surface area contributed by atoms with Gasteiger partial charge in [-0.15, -0.1) is 0 Å². The minimum Gasteiger partial charge on any atom is -0.460 e. The molecule has 0 aliphatic carbocycles. The highest BCUT2D eigenvalue weighted by atomic mass is 32.2. The van der Waals surface area contributed by atoms with E-state index in [4.69, 9.17) is 4.74 Å². The van der Waals surface area contributed by atoms with Gasteiger partial charge in [0, 0.05) is 6.92 Å². The van der Waals surface area contributed by atoms with E-state index in [0.717, 1.165) is 22.9 Å². The smallest absolute Gasteiger partial charge is 0.326 e. The molecule has 0 aromatic heterocycles. The molecule has 1 atom stereocenters. The van der Waals surface area contributed by atoms with Crippen LogP contribution in [0.4, 0.5) is 0 Å². The van der Waals surface area contributed by atoms with Crippen LogP contribution in [-0.4, -0.2) is 15.8 Å². The van der Waals surface area contributed by atoms with Crippen molar-refractivity contribution in [3.8, 4) is 0 Å². The van der Waals surface area contributed by atoms with Crippen LogP contribution in [-0.2, 0) is 20.9 Å². The molecular weight excluding hydrogens is 320 g/mol. The summed E-state index contributed by atoms with van der Waals surface area (Å²) in [6.45, 7) is 3.34. The fourth-order valence-corrected chi connectivity index (χ4v) is 3.00. The van der Waals surface area contributed by atoms with Crippen LogP contribution in [0.1, 0.15) is 25.0 Å². The fraction of sp³-hybridized carbons (Fsp3) is 0.200. The van der Waals surface area contributed by atoms with Crippen LogP contribution in [0.2, 0.25) is 0 Å². The molecule has 0 bridgehead atoms. The topological polar surface area (TPSA) is 43.4 Å². The first-order valence-electron chi connectivity index (χ1n) is 7.64. The van der Waals surface area contributed by atoms with Crippen LogP contribution in [0, 0.1) is 0 Å². The third-order valence-corrected chi connectivity index (χ3v) is 4.38. The summed E-state index contributed by atoms with van der Waals surface area (Å²) >= 11 is 0.964. The molecule has 0 spiro atoms. The van der Waals surface area contributed by atoms with Gasteiger partial charge in [-0.3, -0.25) is 9.59 Å². The van der Waals surface area contributed by atoms with Gasteiger partial charge in [-0.25, -0.2) is 0 Å². The summed E-state index contributed by atoms with van der Waals surface area (Å²) in [5.74, 6) is -0.432. The summed E-state index contributed by atoms with van der Waals surface area (Å²) in [6, 6.07) is 19.1. The molecule has 0 aliphatic heterocycles. The van der Waals surface area contributed by atoms with Gasteiger partial charge in [0.15, 0.2) is 5.12 Å². The van der Waals surface area contributed by atoms with Gasteiger partial charge >= 0.3 is 5.97 Å². The maximum absolute atomic E-state index is 12.5. The minimum atomic E-state index is -1.06. The van der Waals surface area contributed by atoms with Crippen molar-refractivity contribution in [1.29, 1.82) is 0 Å². The molecule has 124 valence electrons. The van der Waals surface area contributed by atoms with Gasteiger partial charge in [-0.2, -0.15) is 0 Å². The third-order valence-electron chi connectivity index (χ3n) is 3.37. The molecule has 0 radical (unpaired) electrons. The lowest BCUT2D eigenvalue weighted by atomic mass is 10.1. The largest absolute Gasteiger partial charge is 0.460 e. The van der Waals surface area contributed by atoms with Crippen LogP contribution >= 0.6 is 11.8 Å². The number of rotatable bonds is 6. The summed E-state index contributed by atoms with van der Waals surface area (Å²) in [5.41, 5.74) is 1.87. The number of hydrogen-bond donors (Lipinski definition) is 0. The van der Waals surface area contributed by atoms with Crippen LogP contribution < -0.4 is 0 Å². The first kappa shape index (κ1) is 18.0. The molecule has 2 aromatic carbocycles. The van der Waals surface area contributed by atoms with Crippen LogP contribution in [0.15, 0.2) is 66.7 Å². The van der Waals surface area contributed by atoms with Crippen molar-refractivity contribution in [2.45, 2.75) is 25.2 Å². The zero-order chi connectivity index (χ0) is 17.4. The van der Waals surface area contributed by atoms with Gasteiger partial charge < -0.3 is 4.74 Å². The van der Waals surface area contributed by atoms with Crippen molar-refractivity contribution >= 4 is 28.9 Å². The van der Waals surface area contributed by atoms with Crippen molar-refractivity contribution in [3.63, 3.8) is 0 Å². The van der Waals surface area contributed by atoms with E-state index in [0.29, 0.717) is 0 Å². The molecule has 0 saturated heterocycles. The van der Waals surface area contributed by atoms with Gasteiger partial charge in [0.05, 0.1) is 0 Å². The number of thioether (sulfide) groups is 1. The second kappa shape index (κ2) is 8.50. The molecule has 0 fully saturated rings. The van der Waals surface area contributed by atoms with E-state index in [1.165, 1.54) is 6.92 Å². The lowest BCUT2D eigenvalue weighted by Crippen LogP contribution is -2.32. The summed E-state index contributed by atoms with van der Waals surface area (Å²) in [4.78, 5) is 24.1. The van der Waals surface area contributed by atoms with Gasteiger partial charge in [0.1, 0.15) is 11.4 Å². The molecule has 2 rings (SSSR count). The minimum absolute atomic E-state index is 0.133. The highest BCUT2D eigenvalue weighted by Gasteiger charge is 2.34. The number of ether oxygens (including phenoxy) is 1. The molecule has 3 nitrogen and oxygen atoms in total. The third kappa shape index (κ3) is 5.39. The first-order chi connectivity index (χ1) is 11.5. The molecule has 0 amide bonds. The maximum Gasteiger partial charge on any atom is 0.326 e. The van der Waals surface area contributed by atoms with E-state index in [1.54, 1.807) is 13.0 Å². The number of carbonyl (C=O) groups is 2. The Bertz CT molecular complexity index is 710. The van der Waals surface area contributed by atoms with Crippen LogP contribution in [0.3, 0.4) is 0 Å². The van der Waals surface area contributed by atoms with E-state index >= 15 is 0 Å². The Morgan fingerprint density at radius 1 is 1.04 bits per heavy atom. The number of esters is 1. The van der Waals surface area contributed by atoms with Gasteiger partial charge in [0.25, 0.3) is 0 Å². The van der Waals surface area contributed by atoms with Crippen LogP contribution in [0.25, 0.3) is 6.08 Å². The number of carbonyl (C=O) groups excluding carboxylic acids is 2. The van der Waals surface area contributed by atoms with E-state index in [1.807, 2.05) is 66.7 Å². The molecule has 0 heterocycles.